The number of benzene rings is 2. The van der Waals surface area contributed by atoms with Crippen LogP contribution in [0.15, 0.2) is 48.5 Å². The van der Waals surface area contributed by atoms with Gasteiger partial charge in [0.2, 0.25) is 0 Å². The van der Waals surface area contributed by atoms with E-state index in [4.69, 9.17) is 14.2 Å². The second-order valence-corrected chi connectivity index (χ2v) is 6.38. The number of carbonyl (C=O) groups is 3. The van der Waals surface area contributed by atoms with Gasteiger partial charge in [0.1, 0.15) is 0 Å². The topological polar surface area (TPSA) is 90.9 Å². The molecule has 0 aliphatic heterocycles. The van der Waals surface area contributed by atoms with E-state index in [0.717, 1.165) is 5.56 Å². The number of anilines is 1. The quantitative estimate of drug-likeness (QED) is 0.383. The fourth-order valence-corrected chi connectivity index (χ4v) is 2.53. The van der Waals surface area contributed by atoms with E-state index >= 15 is 0 Å². The number of rotatable bonds is 9. The van der Waals surface area contributed by atoms with Crippen LogP contribution in [0.4, 0.5) is 5.69 Å². The van der Waals surface area contributed by atoms with Crippen molar-refractivity contribution in [2.75, 3.05) is 19.0 Å². The van der Waals surface area contributed by atoms with Crippen LogP contribution in [-0.4, -0.2) is 37.5 Å². The summed E-state index contributed by atoms with van der Waals surface area (Å²) >= 11 is 0. The minimum Gasteiger partial charge on any atom is -0.493 e. The molecule has 30 heavy (non-hydrogen) atoms. The number of esters is 1. The van der Waals surface area contributed by atoms with Crippen LogP contribution in [0.3, 0.4) is 0 Å². The van der Waals surface area contributed by atoms with Crippen LogP contribution in [0.2, 0.25) is 0 Å². The highest BCUT2D eigenvalue weighted by atomic mass is 16.5. The lowest BCUT2D eigenvalue weighted by Crippen LogP contribution is -2.29. The van der Waals surface area contributed by atoms with Gasteiger partial charge in [-0.1, -0.05) is 6.07 Å². The zero-order valence-corrected chi connectivity index (χ0v) is 17.4. The van der Waals surface area contributed by atoms with Crippen molar-refractivity contribution in [3.8, 4) is 11.5 Å². The maximum absolute atomic E-state index is 12.2. The van der Waals surface area contributed by atoms with Crippen molar-refractivity contribution in [1.82, 2.24) is 0 Å². The highest BCUT2D eigenvalue weighted by molar-refractivity contribution is 5.98. The molecule has 0 saturated carbocycles. The largest absolute Gasteiger partial charge is 0.493 e. The highest BCUT2D eigenvalue weighted by Gasteiger charge is 2.17. The lowest BCUT2D eigenvalue weighted by Gasteiger charge is -2.12. The van der Waals surface area contributed by atoms with E-state index in [0.29, 0.717) is 29.4 Å². The standard InChI is InChI=1S/C23H25NO6/c1-5-29-21-14-17(6-12-20(21)28-4)7-13-22(26)30-16(3)23(27)24-19-10-8-18(9-11-19)15(2)25/h6-14,16H,5H2,1-4H3,(H,24,27)/b13-7+/t16-/m1/s1. The van der Waals surface area contributed by atoms with E-state index in [2.05, 4.69) is 5.32 Å². The molecule has 7 heteroatoms. The Labute approximate surface area is 175 Å². The van der Waals surface area contributed by atoms with Gasteiger partial charge in [-0.2, -0.15) is 0 Å². The van der Waals surface area contributed by atoms with Crippen molar-refractivity contribution in [2.45, 2.75) is 26.9 Å². The molecule has 2 rings (SSSR count). The van der Waals surface area contributed by atoms with Gasteiger partial charge in [-0.25, -0.2) is 4.79 Å². The first kappa shape index (κ1) is 22.7. The maximum atomic E-state index is 12.2. The fourth-order valence-electron chi connectivity index (χ4n) is 2.53. The zero-order valence-electron chi connectivity index (χ0n) is 17.4. The second-order valence-electron chi connectivity index (χ2n) is 6.38. The van der Waals surface area contributed by atoms with Crippen molar-refractivity contribution >= 4 is 29.4 Å². The second kappa shape index (κ2) is 10.8. The summed E-state index contributed by atoms with van der Waals surface area (Å²) < 4.78 is 15.9. The first-order valence-electron chi connectivity index (χ1n) is 9.45. The number of ketones is 1. The molecule has 0 radical (unpaired) electrons. The monoisotopic (exact) mass is 411 g/mol. The Hall–Kier alpha value is -3.61. The van der Waals surface area contributed by atoms with Gasteiger partial charge in [0.25, 0.3) is 5.91 Å². The molecule has 7 nitrogen and oxygen atoms in total. The normalized spacial score (nSPS) is 11.6. The Morgan fingerprint density at radius 2 is 1.77 bits per heavy atom. The van der Waals surface area contributed by atoms with Crippen LogP contribution in [-0.2, 0) is 14.3 Å². The summed E-state index contributed by atoms with van der Waals surface area (Å²) in [5.74, 6) is -0.0294. The number of ether oxygens (including phenoxy) is 3. The molecule has 0 fully saturated rings. The number of nitrogens with one attached hydrogen (secondary N) is 1. The molecular formula is C23H25NO6. The summed E-state index contributed by atoms with van der Waals surface area (Å²) in [6.07, 6.45) is 1.81. The molecular weight excluding hydrogens is 386 g/mol. The predicted octanol–water partition coefficient (Wildman–Crippen LogP) is 3.88. The van der Waals surface area contributed by atoms with Crippen molar-refractivity contribution in [1.29, 1.82) is 0 Å². The first-order valence-corrected chi connectivity index (χ1v) is 9.45. The van der Waals surface area contributed by atoms with E-state index in [1.54, 1.807) is 55.7 Å². The molecule has 2 aromatic carbocycles. The van der Waals surface area contributed by atoms with Crippen molar-refractivity contribution in [3.05, 3.63) is 59.7 Å². The number of Topliss-reactive ketones (excluding diaryl/α,β-unsaturated/α-hetero) is 1. The smallest absolute Gasteiger partial charge is 0.331 e. The maximum Gasteiger partial charge on any atom is 0.331 e. The molecule has 0 saturated heterocycles. The van der Waals surface area contributed by atoms with Gasteiger partial charge in [-0.3, -0.25) is 9.59 Å². The van der Waals surface area contributed by atoms with Gasteiger partial charge < -0.3 is 19.5 Å². The van der Waals surface area contributed by atoms with Gasteiger partial charge in [-0.15, -0.1) is 0 Å². The summed E-state index contributed by atoms with van der Waals surface area (Å²) in [5.41, 5.74) is 1.77. The molecule has 0 bridgehead atoms. The van der Waals surface area contributed by atoms with Crippen LogP contribution in [0, 0.1) is 0 Å². The molecule has 0 heterocycles. The Kier molecular flexibility index (Phi) is 8.17. The van der Waals surface area contributed by atoms with Crippen LogP contribution in [0.1, 0.15) is 36.7 Å². The summed E-state index contributed by atoms with van der Waals surface area (Å²) in [4.78, 5) is 35.6. The van der Waals surface area contributed by atoms with Gasteiger partial charge >= 0.3 is 5.97 Å². The lowest BCUT2D eigenvalue weighted by atomic mass is 10.1. The molecule has 0 aliphatic carbocycles. The Balaban J connectivity index is 1.94. The Bertz CT molecular complexity index is 933. The fraction of sp³-hybridized carbons (Fsp3) is 0.261. The molecule has 0 aromatic heterocycles. The zero-order chi connectivity index (χ0) is 22.1. The third kappa shape index (κ3) is 6.48. The molecule has 0 aliphatic rings. The van der Waals surface area contributed by atoms with Crippen molar-refractivity contribution in [2.24, 2.45) is 0 Å². The van der Waals surface area contributed by atoms with E-state index < -0.39 is 18.0 Å². The van der Waals surface area contributed by atoms with Crippen molar-refractivity contribution < 1.29 is 28.6 Å². The molecule has 1 N–H and O–H groups in total. The van der Waals surface area contributed by atoms with Gasteiger partial charge in [0, 0.05) is 17.3 Å². The summed E-state index contributed by atoms with van der Waals surface area (Å²) in [7, 11) is 1.55. The van der Waals surface area contributed by atoms with Crippen LogP contribution in [0.5, 0.6) is 11.5 Å². The van der Waals surface area contributed by atoms with E-state index in [1.807, 2.05) is 6.92 Å². The minimum atomic E-state index is -0.996. The van der Waals surface area contributed by atoms with Gasteiger partial charge in [0.15, 0.2) is 23.4 Å². The summed E-state index contributed by atoms with van der Waals surface area (Å²) in [6, 6.07) is 11.7. The van der Waals surface area contributed by atoms with Crippen molar-refractivity contribution in [3.63, 3.8) is 0 Å². The Morgan fingerprint density at radius 3 is 2.37 bits per heavy atom. The number of carbonyl (C=O) groups excluding carboxylic acids is 3. The number of amides is 1. The van der Waals surface area contributed by atoms with Crippen LogP contribution < -0.4 is 14.8 Å². The van der Waals surface area contributed by atoms with E-state index in [-0.39, 0.29) is 5.78 Å². The average molecular weight is 411 g/mol. The number of methoxy groups -OCH3 is 1. The Morgan fingerprint density at radius 1 is 1.07 bits per heavy atom. The number of hydrogen-bond acceptors (Lipinski definition) is 6. The lowest BCUT2D eigenvalue weighted by molar-refractivity contribution is -0.148. The molecule has 1 amide bonds. The average Bonchev–Trinajstić information content (AvgIpc) is 2.73. The molecule has 158 valence electrons. The molecule has 1 atom stereocenters. The SMILES string of the molecule is CCOc1cc(/C=C/C(=O)O[C@H](C)C(=O)Nc2ccc(C(C)=O)cc2)ccc1OC. The van der Waals surface area contributed by atoms with E-state index in [1.165, 1.54) is 19.9 Å². The van der Waals surface area contributed by atoms with Gasteiger partial charge in [-0.05, 0) is 68.8 Å². The minimum absolute atomic E-state index is 0.0628. The van der Waals surface area contributed by atoms with Crippen LogP contribution >= 0.6 is 0 Å². The van der Waals surface area contributed by atoms with Gasteiger partial charge in [0.05, 0.1) is 13.7 Å². The van der Waals surface area contributed by atoms with Crippen LogP contribution in [0.25, 0.3) is 6.08 Å². The third-order valence-electron chi connectivity index (χ3n) is 4.12. The molecule has 0 spiro atoms. The number of hydrogen-bond donors (Lipinski definition) is 1. The predicted molar refractivity (Wildman–Crippen MR) is 114 cm³/mol. The van der Waals surface area contributed by atoms with E-state index in [9.17, 15) is 14.4 Å². The highest BCUT2D eigenvalue weighted by Crippen LogP contribution is 2.28. The summed E-state index contributed by atoms with van der Waals surface area (Å²) in [6.45, 7) is 5.29. The summed E-state index contributed by atoms with van der Waals surface area (Å²) in [5, 5.41) is 2.64. The molecule has 0 unspecified atom stereocenters. The third-order valence-corrected chi connectivity index (χ3v) is 4.12. The first-order chi connectivity index (χ1) is 14.3. The molecule has 2 aromatic rings.